The first-order chi connectivity index (χ1) is 6.56. The molecule has 0 aliphatic heterocycles. The van der Waals surface area contributed by atoms with E-state index in [1.807, 2.05) is 6.92 Å². The highest BCUT2D eigenvalue weighted by Gasteiger charge is 2.31. The molecule has 0 heterocycles. The van der Waals surface area contributed by atoms with Crippen molar-refractivity contribution in [1.29, 1.82) is 0 Å². The zero-order valence-corrected chi connectivity index (χ0v) is 9.86. The lowest BCUT2D eigenvalue weighted by molar-refractivity contribution is -0.0484. The van der Waals surface area contributed by atoms with E-state index in [0.717, 1.165) is 24.7 Å². The first-order valence-corrected chi connectivity index (χ1v) is 5.77. The quantitative estimate of drug-likeness (QED) is 0.758. The van der Waals surface area contributed by atoms with Gasteiger partial charge >= 0.3 is 0 Å². The molecule has 0 saturated heterocycles. The van der Waals surface area contributed by atoms with Crippen LogP contribution in [-0.2, 0) is 4.74 Å². The fourth-order valence-electron chi connectivity index (χ4n) is 2.42. The molecule has 1 saturated carbocycles. The van der Waals surface area contributed by atoms with Gasteiger partial charge in [-0.3, -0.25) is 0 Å². The van der Waals surface area contributed by atoms with Gasteiger partial charge in [0.1, 0.15) is 0 Å². The zero-order chi connectivity index (χ0) is 10.7. The van der Waals surface area contributed by atoms with Crippen molar-refractivity contribution in [3.05, 3.63) is 0 Å². The van der Waals surface area contributed by atoms with Gasteiger partial charge in [0.25, 0.3) is 0 Å². The molecule has 1 N–H and O–H groups in total. The second-order valence-electron chi connectivity index (χ2n) is 4.96. The summed E-state index contributed by atoms with van der Waals surface area (Å²) in [6, 6.07) is 0. The minimum absolute atomic E-state index is 0.0272. The third-order valence-electron chi connectivity index (χ3n) is 3.97. The molecule has 0 aromatic heterocycles. The Labute approximate surface area is 87.7 Å². The third kappa shape index (κ3) is 2.71. The van der Waals surface area contributed by atoms with Gasteiger partial charge in [-0.1, -0.05) is 20.3 Å². The molecule has 0 aromatic rings. The monoisotopic (exact) mass is 200 g/mol. The molecule has 2 nitrogen and oxygen atoms in total. The van der Waals surface area contributed by atoms with Crippen LogP contribution in [0.5, 0.6) is 0 Å². The van der Waals surface area contributed by atoms with Gasteiger partial charge in [0.2, 0.25) is 0 Å². The lowest BCUT2D eigenvalue weighted by Crippen LogP contribution is -2.36. The maximum absolute atomic E-state index is 10.0. The number of rotatable bonds is 3. The average Bonchev–Trinajstić information content (AvgIpc) is 2.20. The van der Waals surface area contributed by atoms with Gasteiger partial charge in [-0.15, -0.1) is 0 Å². The number of hydrogen-bond acceptors (Lipinski definition) is 2. The molecule has 1 aliphatic carbocycles. The molecular weight excluding hydrogens is 176 g/mol. The second-order valence-corrected chi connectivity index (χ2v) is 4.96. The summed E-state index contributed by atoms with van der Waals surface area (Å²) in [7, 11) is 1.67. The summed E-state index contributed by atoms with van der Waals surface area (Å²) >= 11 is 0. The topological polar surface area (TPSA) is 29.5 Å². The van der Waals surface area contributed by atoms with Crippen molar-refractivity contribution in [3.63, 3.8) is 0 Å². The summed E-state index contributed by atoms with van der Waals surface area (Å²) < 4.78 is 5.18. The highest BCUT2D eigenvalue weighted by Crippen LogP contribution is 2.35. The van der Waals surface area contributed by atoms with Gasteiger partial charge in [-0.05, 0) is 37.5 Å². The SMILES string of the molecule is COC(C)C(O)C1CCC(C)C(C)C1. The molecule has 5 unspecified atom stereocenters. The van der Waals surface area contributed by atoms with Crippen molar-refractivity contribution in [2.24, 2.45) is 17.8 Å². The van der Waals surface area contributed by atoms with Crippen LogP contribution >= 0.6 is 0 Å². The van der Waals surface area contributed by atoms with Crippen molar-refractivity contribution in [2.75, 3.05) is 7.11 Å². The molecule has 1 rings (SSSR count). The Morgan fingerprint density at radius 2 is 1.86 bits per heavy atom. The summed E-state index contributed by atoms with van der Waals surface area (Å²) in [6.07, 6.45) is 3.24. The lowest BCUT2D eigenvalue weighted by Gasteiger charge is -2.36. The Bertz CT molecular complexity index is 170. The maximum atomic E-state index is 10.0. The predicted octanol–water partition coefficient (Wildman–Crippen LogP) is 2.45. The molecular formula is C12H24O2. The van der Waals surface area contributed by atoms with Gasteiger partial charge in [0.15, 0.2) is 0 Å². The fourth-order valence-corrected chi connectivity index (χ4v) is 2.42. The molecule has 2 heteroatoms. The molecule has 1 fully saturated rings. The van der Waals surface area contributed by atoms with E-state index < -0.39 is 0 Å². The highest BCUT2D eigenvalue weighted by molar-refractivity contribution is 4.82. The Morgan fingerprint density at radius 1 is 1.21 bits per heavy atom. The van der Waals surface area contributed by atoms with Gasteiger partial charge in [-0.2, -0.15) is 0 Å². The Balaban J connectivity index is 2.45. The third-order valence-corrected chi connectivity index (χ3v) is 3.97. The van der Waals surface area contributed by atoms with E-state index in [0.29, 0.717) is 5.92 Å². The van der Waals surface area contributed by atoms with Crippen LogP contribution in [0.25, 0.3) is 0 Å². The van der Waals surface area contributed by atoms with E-state index in [9.17, 15) is 5.11 Å². The standard InChI is InChI=1S/C12H24O2/c1-8-5-6-11(7-9(8)2)12(13)10(3)14-4/h8-13H,5-7H2,1-4H3. The van der Waals surface area contributed by atoms with E-state index in [1.165, 1.54) is 6.42 Å². The zero-order valence-electron chi connectivity index (χ0n) is 9.86. The molecule has 1 aliphatic rings. The van der Waals surface area contributed by atoms with E-state index in [4.69, 9.17) is 4.74 Å². The largest absolute Gasteiger partial charge is 0.390 e. The van der Waals surface area contributed by atoms with Crippen molar-refractivity contribution in [3.8, 4) is 0 Å². The Kier molecular flexibility index (Phi) is 4.39. The molecule has 5 atom stereocenters. The minimum Gasteiger partial charge on any atom is -0.390 e. The number of aliphatic hydroxyl groups is 1. The average molecular weight is 200 g/mol. The summed E-state index contributed by atoms with van der Waals surface area (Å²) in [5.41, 5.74) is 0. The van der Waals surface area contributed by atoms with E-state index in [2.05, 4.69) is 13.8 Å². The summed E-state index contributed by atoms with van der Waals surface area (Å²) in [5, 5.41) is 10.0. The first-order valence-electron chi connectivity index (χ1n) is 5.77. The summed E-state index contributed by atoms with van der Waals surface area (Å²) in [6.45, 7) is 6.56. The van der Waals surface area contributed by atoms with Crippen LogP contribution in [0, 0.1) is 17.8 Å². The smallest absolute Gasteiger partial charge is 0.0827 e. The van der Waals surface area contributed by atoms with Crippen LogP contribution in [-0.4, -0.2) is 24.4 Å². The minimum atomic E-state index is -0.282. The Morgan fingerprint density at radius 3 is 2.36 bits per heavy atom. The first kappa shape index (κ1) is 12.0. The van der Waals surface area contributed by atoms with E-state index in [1.54, 1.807) is 7.11 Å². The molecule has 0 radical (unpaired) electrons. The number of methoxy groups -OCH3 is 1. The molecule has 0 spiro atoms. The van der Waals surface area contributed by atoms with E-state index >= 15 is 0 Å². The van der Waals surface area contributed by atoms with Gasteiger partial charge in [0, 0.05) is 7.11 Å². The second kappa shape index (κ2) is 5.13. The van der Waals surface area contributed by atoms with Crippen LogP contribution in [0.15, 0.2) is 0 Å². The molecule has 84 valence electrons. The molecule has 0 amide bonds. The number of aliphatic hydroxyl groups excluding tert-OH is 1. The highest BCUT2D eigenvalue weighted by atomic mass is 16.5. The van der Waals surface area contributed by atoms with Crippen LogP contribution in [0.2, 0.25) is 0 Å². The molecule has 0 bridgehead atoms. The normalized spacial score (nSPS) is 37.9. The van der Waals surface area contributed by atoms with Crippen LogP contribution < -0.4 is 0 Å². The van der Waals surface area contributed by atoms with Crippen LogP contribution in [0.4, 0.5) is 0 Å². The summed E-state index contributed by atoms with van der Waals surface area (Å²) in [4.78, 5) is 0. The van der Waals surface area contributed by atoms with Crippen LogP contribution in [0.1, 0.15) is 40.0 Å². The van der Waals surface area contributed by atoms with Crippen molar-refractivity contribution in [1.82, 2.24) is 0 Å². The van der Waals surface area contributed by atoms with Gasteiger partial charge in [0.05, 0.1) is 12.2 Å². The number of hydrogen-bond donors (Lipinski definition) is 1. The predicted molar refractivity (Wildman–Crippen MR) is 58.1 cm³/mol. The van der Waals surface area contributed by atoms with Gasteiger partial charge < -0.3 is 9.84 Å². The summed E-state index contributed by atoms with van der Waals surface area (Å²) in [5.74, 6) is 2.00. The molecule has 0 aromatic carbocycles. The van der Waals surface area contributed by atoms with Gasteiger partial charge in [-0.25, -0.2) is 0 Å². The molecule has 14 heavy (non-hydrogen) atoms. The fraction of sp³-hybridized carbons (Fsp3) is 1.00. The van der Waals surface area contributed by atoms with Crippen molar-refractivity contribution >= 4 is 0 Å². The Hall–Kier alpha value is -0.0800. The van der Waals surface area contributed by atoms with E-state index in [-0.39, 0.29) is 12.2 Å². The lowest BCUT2D eigenvalue weighted by atomic mass is 9.73. The van der Waals surface area contributed by atoms with Crippen LogP contribution in [0.3, 0.4) is 0 Å². The maximum Gasteiger partial charge on any atom is 0.0827 e. The number of ether oxygens (including phenoxy) is 1. The van der Waals surface area contributed by atoms with Crippen molar-refractivity contribution < 1.29 is 9.84 Å². The van der Waals surface area contributed by atoms with Crippen molar-refractivity contribution in [2.45, 2.75) is 52.2 Å².